The summed E-state index contributed by atoms with van der Waals surface area (Å²) in [7, 11) is 0. The van der Waals surface area contributed by atoms with Crippen molar-refractivity contribution in [2.45, 2.75) is 19.4 Å². The molecule has 0 aliphatic heterocycles. The van der Waals surface area contributed by atoms with Gasteiger partial charge in [0.05, 0.1) is 6.10 Å². The molecule has 0 aromatic heterocycles. The molecule has 2 aromatic rings. The van der Waals surface area contributed by atoms with E-state index < -0.39 is 0 Å². The summed E-state index contributed by atoms with van der Waals surface area (Å²) in [6, 6.07) is 10.5. The second kappa shape index (κ2) is 2.58. The maximum atomic E-state index is 9.86. The lowest BCUT2D eigenvalue weighted by atomic mass is 10.0. The highest BCUT2D eigenvalue weighted by Crippen LogP contribution is 2.37. The fourth-order valence-electron chi connectivity index (χ4n) is 2.42. The quantitative estimate of drug-likeness (QED) is 0.667. The smallest absolute Gasteiger partial charge is 0.0836 e. The Hall–Kier alpha value is -1.34. The molecular formula is C13H12O. The average Bonchev–Trinajstić information content (AvgIpc) is 2.52. The molecule has 0 bridgehead atoms. The van der Waals surface area contributed by atoms with Crippen molar-refractivity contribution in [1.82, 2.24) is 0 Å². The van der Waals surface area contributed by atoms with Gasteiger partial charge in [-0.2, -0.15) is 0 Å². The summed E-state index contributed by atoms with van der Waals surface area (Å²) in [6.45, 7) is 2.12. The zero-order valence-electron chi connectivity index (χ0n) is 8.12. The van der Waals surface area contributed by atoms with Crippen molar-refractivity contribution >= 4 is 10.8 Å². The fraction of sp³-hybridized carbons (Fsp3) is 0.231. The Kier molecular flexibility index (Phi) is 1.48. The summed E-state index contributed by atoms with van der Waals surface area (Å²) in [5.74, 6) is 0. The lowest BCUT2D eigenvalue weighted by molar-refractivity contribution is 0.185. The van der Waals surface area contributed by atoms with Crippen LogP contribution in [0.3, 0.4) is 0 Å². The van der Waals surface area contributed by atoms with Gasteiger partial charge < -0.3 is 5.11 Å². The first kappa shape index (κ1) is 8.01. The second-order valence-corrected chi connectivity index (χ2v) is 4.03. The Morgan fingerprint density at radius 2 is 2.07 bits per heavy atom. The number of aliphatic hydroxyl groups excluding tert-OH is 1. The fourth-order valence-corrected chi connectivity index (χ4v) is 2.42. The predicted octanol–water partition coefficient (Wildman–Crippen LogP) is 2.74. The van der Waals surface area contributed by atoms with E-state index in [9.17, 15) is 5.11 Å². The molecule has 3 rings (SSSR count). The van der Waals surface area contributed by atoms with Crippen molar-refractivity contribution in [2.24, 2.45) is 0 Å². The highest BCUT2D eigenvalue weighted by Gasteiger charge is 2.22. The normalized spacial score (nSPS) is 19.1. The Morgan fingerprint density at radius 3 is 2.93 bits per heavy atom. The molecule has 0 amide bonds. The van der Waals surface area contributed by atoms with Crippen LogP contribution >= 0.6 is 0 Å². The lowest BCUT2D eigenvalue weighted by Crippen LogP contribution is -1.91. The highest BCUT2D eigenvalue weighted by atomic mass is 16.3. The maximum absolute atomic E-state index is 9.86. The molecule has 1 nitrogen and oxygen atoms in total. The molecule has 1 atom stereocenters. The number of rotatable bonds is 0. The van der Waals surface area contributed by atoms with Crippen LogP contribution in [0.25, 0.3) is 10.8 Å². The van der Waals surface area contributed by atoms with Crippen molar-refractivity contribution in [3.63, 3.8) is 0 Å². The van der Waals surface area contributed by atoms with Gasteiger partial charge in [0.25, 0.3) is 0 Å². The van der Waals surface area contributed by atoms with Crippen LogP contribution in [0.2, 0.25) is 0 Å². The molecule has 0 heterocycles. The van der Waals surface area contributed by atoms with Gasteiger partial charge in [-0.05, 0) is 34.4 Å². The predicted molar refractivity (Wildman–Crippen MR) is 57.3 cm³/mol. The molecule has 1 unspecified atom stereocenters. The SMILES string of the molecule is Cc1ccc2c3c(cccc13)C(O)C2. The molecule has 0 saturated carbocycles. The zero-order chi connectivity index (χ0) is 9.71. The molecule has 0 radical (unpaired) electrons. The van der Waals surface area contributed by atoms with Gasteiger partial charge in [0.2, 0.25) is 0 Å². The Balaban J connectivity index is 2.52. The number of benzene rings is 2. The molecule has 1 aliphatic rings. The van der Waals surface area contributed by atoms with E-state index in [-0.39, 0.29) is 6.10 Å². The minimum absolute atomic E-state index is 0.296. The van der Waals surface area contributed by atoms with Crippen LogP contribution in [0.1, 0.15) is 22.8 Å². The van der Waals surface area contributed by atoms with Crippen molar-refractivity contribution in [1.29, 1.82) is 0 Å². The summed E-state index contributed by atoms with van der Waals surface area (Å²) in [5.41, 5.74) is 3.68. The van der Waals surface area contributed by atoms with Crippen LogP contribution in [-0.4, -0.2) is 5.11 Å². The zero-order valence-corrected chi connectivity index (χ0v) is 8.12. The van der Waals surface area contributed by atoms with Crippen molar-refractivity contribution in [3.05, 3.63) is 47.0 Å². The van der Waals surface area contributed by atoms with Crippen LogP contribution in [0, 0.1) is 6.92 Å². The maximum Gasteiger partial charge on any atom is 0.0836 e. The second-order valence-electron chi connectivity index (χ2n) is 4.03. The third-order valence-corrected chi connectivity index (χ3v) is 3.15. The monoisotopic (exact) mass is 184 g/mol. The van der Waals surface area contributed by atoms with E-state index in [0.717, 1.165) is 12.0 Å². The molecule has 70 valence electrons. The van der Waals surface area contributed by atoms with E-state index in [1.54, 1.807) is 0 Å². The van der Waals surface area contributed by atoms with Crippen LogP contribution in [0.5, 0.6) is 0 Å². The minimum atomic E-state index is -0.296. The van der Waals surface area contributed by atoms with Crippen LogP contribution in [-0.2, 0) is 6.42 Å². The third kappa shape index (κ3) is 0.878. The van der Waals surface area contributed by atoms with Crippen LogP contribution in [0.15, 0.2) is 30.3 Å². The Bertz CT molecular complexity index is 514. The molecule has 1 aliphatic carbocycles. The molecule has 1 heteroatoms. The molecule has 0 spiro atoms. The van der Waals surface area contributed by atoms with Crippen LogP contribution in [0.4, 0.5) is 0 Å². The first-order chi connectivity index (χ1) is 6.77. The number of hydrogen-bond donors (Lipinski definition) is 1. The van der Waals surface area contributed by atoms with Gasteiger partial charge in [0, 0.05) is 6.42 Å². The molecule has 14 heavy (non-hydrogen) atoms. The summed E-state index contributed by atoms with van der Waals surface area (Å²) >= 11 is 0. The first-order valence-corrected chi connectivity index (χ1v) is 4.96. The third-order valence-electron chi connectivity index (χ3n) is 3.15. The number of aliphatic hydroxyl groups is 1. The van der Waals surface area contributed by atoms with Crippen LogP contribution < -0.4 is 0 Å². The molecular weight excluding hydrogens is 172 g/mol. The van der Waals surface area contributed by atoms with Crippen molar-refractivity contribution in [2.75, 3.05) is 0 Å². The van der Waals surface area contributed by atoms with Gasteiger partial charge in [0.1, 0.15) is 0 Å². The average molecular weight is 184 g/mol. The van der Waals surface area contributed by atoms with E-state index >= 15 is 0 Å². The molecule has 0 fully saturated rings. The van der Waals surface area contributed by atoms with E-state index in [2.05, 4.69) is 25.1 Å². The van der Waals surface area contributed by atoms with Gasteiger partial charge >= 0.3 is 0 Å². The van der Waals surface area contributed by atoms with Gasteiger partial charge in [-0.15, -0.1) is 0 Å². The summed E-state index contributed by atoms with van der Waals surface area (Å²) in [4.78, 5) is 0. The number of aryl methyl sites for hydroxylation is 1. The first-order valence-electron chi connectivity index (χ1n) is 4.96. The van der Waals surface area contributed by atoms with Gasteiger partial charge in [0.15, 0.2) is 0 Å². The van der Waals surface area contributed by atoms with E-state index in [1.807, 2.05) is 12.1 Å². The molecule has 1 N–H and O–H groups in total. The van der Waals surface area contributed by atoms with E-state index in [0.29, 0.717) is 0 Å². The lowest BCUT2D eigenvalue weighted by Gasteiger charge is -2.04. The summed E-state index contributed by atoms with van der Waals surface area (Å²) in [5, 5.41) is 12.4. The van der Waals surface area contributed by atoms with Gasteiger partial charge in [-0.1, -0.05) is 30.3 Å². The summed E-state index contributed by atoms with van der Waals surface area (Å²) < 4.78 is 0. The highest BCUT2D eigenvalue weighted by molar-refractivity contribution is 5.93. The molecule has 2 aromatic carbocycles. The largest absolute Gasteiger partial charge is 0.388 e. The summed E-state index contributed by atoms with van der Waals surface area (Å²) in [6.07, 6.45) is 0.478. The topological polar surface area (TPSA) is 20.2 Å². The minimum Gasteiger partial charge on any atom is -0.388 e. The van der Waals surface area contributed by atoms with E-state index in [1.165, 1.54) is 21.9 Å². The Morgan fingerprint density at radius 1 is 1.21 bits per heavy atom. The van der Waals surface area contributed by atoms with E-state index in [4.69, 9.17) is 0 Å². The Labute approximate surface area is 83.0 Å². The van der Waals surface area contributed by atoms with Crippen molar-refractivity contribution < 1.29 is 5.11 Å². The standard InChI is InChI=1S/C13H12O/c1-8-5-6-9-7-12(14)11-4-2-3-10(8)13(9)11/h2-6,12,14H,7H2,1H3. The van der Waals surface area contributed by atoms with Gasteiger partial charge in [-0.25, -0.2) is 0 Å². The number of hydrogen-bond acceptors (Lipinski definition) is 1. The molecule has 0 saturated heterocycles. The van der Waals surface area contributed by atoms with Crippen molar-refractivity contribution in [3.8, 4) is 0 Å². The van der Waals surface area contributed by atoms with Gasteiger partial charge in [-0.3, -0.25) is 0 Å².